The third-order valence-electron chi connectivity index (χ3n) is 1.45. The highest BCUT2D eigenvalue weighted by Crippen LogP contribution is 2.07. The van der Waals surface area contributed by atoms with E-state index in [-0.39, 0.29) is 5.91 Å². The Morgan fingerprint density at radius 3 is 2.31 bits per heavy atom. The normalized spacial score (nSPS) is 10.2. The number of amides is 1. The predicted octanol–water partition coefficient (Wildman–Crippen LogP) is 1.18. The summed E-state index contributed by atoms with van der Waals surface area (Å²) in [6.45, 7) is 0. The molecule has 0 aromatic heterocycles. The van der Waals surface area contributed by atoms with E-state index < -0.39 is 0 Å². The summed E-state index contributed by atoms with van der Waals surface area (Å²) in [5.41, 5.74) is 3.28. The molecule has 1 N–H and O–H groups in total. The molecule has 0 fully saturated rings. The van der Waals surface area contributed by atoms with Gasteiger partial charge in [-0.2, -0.15) is 0 Å². The molecule has 3 nitrogen and oxygen atoms in total. The number of hydrazine groups is 1. The molecular weight excluding hydrogens is 184 g/mol. The fourth-order valence-corrected chi connectivity index (χ4v) is 1.03. The van der Waals surface area contributed by atoms with E-state index in [1.807, 2.05) is 0 Å². The Balaban J connectivity index is 2.72. The quantitative estimate of drug-likeness (QED) is 0.550. The minimum atomic E-state index is -0.113. The lowest BCUT2D eigenvalue weighted by Crippen LogP contribution is -2.36. The zero-order valence-electron chi connectivity index (χ0n) is 7.61. The van der Waals surface area contributed by atoms with Crippen LogP contribution in [0.15, 0.2) is 29.2 Å². The summed E-state index contributed by atoms with van der Waals surface area (Å²) in [7, 11) is 3.54. The molecule has 0 aliphatic rings. The van der Waals surface area contributed by atoms with Crippen LogP contribution in [-0.2, 0) is 0 Å². The van der Waals surface area contributed by atoms with E-state index >= 15 is 0 Å². The summed E-state index contributed by atoms with van der Waals surface area (Å²) in [4.78, 5) is 12.2. The number of carbonyl (C=O) groups excluding carboxylic acids is 1. The Bertz CT molecular complexity index is 295. The van der Waals surface area contributed by atoms with Crippen LogP contribution in [0, 0.1) is 0 Å². The Morgan fingerprint density at radius 2 is 1.85 bits per heavy atom. The molecule has 1 aromatic rings. The number of nitrogens with zero attached hydrogens (tertiary/aromatic N) is 1. The lowest BCUT2D eigenvalue weighted by atomic mass is 10.2. The summed E-state index contributed by atoms with van der Waals surface area (Å²) < 4.78 is 0. The third-order valence-corrected chi connectivity index (χ3v) is 1.75. The van der Waals surface area contributed by atoms with E-state index in [2.05, 4.69) is 18.1 Å². The summed E-state index contributed by atoms with van der Waals surface area (Å²) >= 11 is 4.13. The minimum Gasteiger partial charge on any atom is -0.285 e. The standard InChI is InChI=1S/C9H12N2OS/c1-11(2)10-9(12)7-3-5-8(13)6-4-7/h3-6,13H,1-2H3,(H,10,12). The maximum Gasteiger partial charge on any atom is 0.265 e. The molecule has 0 radical (unpaired) electrons. The molecule has 1 aromatic carbocycles. The van der Waals surface area contributed by atoms with Crippen molar-refractivity contribution in [3.8, 4) is 0 Å². The molecular formula is C9H12N2OS. The van der Waals surface area contributed by atoms with E-state index in [1.165, 1.54) is 0 Å². The van der Waals surface area contributed by atoms with Crippen molar-refractivity contribution < 1.29 is 4.79 Å². The molecule has 70 valence electrons. The van der Waals surface area contributed by atoms with Crippen molar-refractivity contribution in [2.24, 2.45) is 0 Å². The fourth-order valence-electron chi connectivity index (χ4n) is 0.880. The van der Waals surface area contributed by atoms with E-state index in [9.17, 15) is 4.79 Å². The molecule has 0 saturated carbocycles. The molecule has 0 aliphatic carbocycles. The van der Waals surface area contributed by atoms with Crippen LogP contribution in [0.5, 0.6) is 0 Å². The SMILES string of the molecule is CN(C)NC(=O)c1ccc(S)cc1. The highest BCUT2D eigenvalue weighted by Gasteiger charge is 2.04. The topological polar surface area (TPSA) is 32.3 Å². The van der Waals surface area contributed by atoms with Crippen molar-refractivity contribution >= 4 is 18.5 Å². The number of hydrogen-bond donors (Lipinski definition) is 2. The van der Waals surface area contributed by atoms with Crippen LogP contribution in [0.2, 0.25) is 0 Å². The van der Waals surface area contributed by atoms with Crippen LogP contribution in [-0.4, -0.2) is 25.0 Å². The first kappa shape index (κ1) is 10.1. The maximum absolute atomic E-state index is 11.4. The lowest BCUT2D eigenvalue weighted by Gasteiger charge is -2.11. The molecule has 0 saturated heterocycles. The van der Waals surface area contributed by atoms with Crippen molar-refractivity contribution in [1.82, 2.24) is 10.4 Å². The van der Waals surface area contributed by atoms with Gasteiger partial charge in [0.05, 0.1) is 0 Å². The van der Waals surface area contributed by atoms with Crippen LogP contribution in [0.4, 0.5) is 0 Å². The first-order valence-electron chi connectivity index (χ1n) is 3.87. The Kier molecular flexibility index (Phi) is 3.33. The largest absolute Gasteiger partial charge is 0.285 e. The lowest BCUT2D eigenvalue weighted by molar-refractivity contribution is 0.0857. The number of hydrogen-bond acceptors (Lipinski definition) is 3. The average Bonchev–Trinajstić information content (AvgIpc) is 2.04. The van der Waals surface area contributed by atoms with Crippen molar-refractivity contribution in [3.63, 3.8) is 0 Å². The third kappa shape index (κ3) is 3.08. The van der Waals surface area contributed by atoms with E-state index in [0.29, 0.717) is 5.56 Å². The van der Waals surface area contributed by atoms with Gasteiger partial charge >= 0.3 is 0 Å². The van der Waals surface area contributed by atoms with Crippen LogP contribution in [0.3, 0.4) is 0 Å². The average molecular weight is 196 g/mol. The van der Waals surface area contributed by atoms with Gasteiger partial charge in [-0.25, -0.2) is 5.01 Å². The Labute approximate surface area is 83.1 Å². The number of thiol groups is 1. The minimum absolute atomic E-state index is 0.113. The smallest absolute Gasteiger partial charge is 0.265 e. The second kappa shape index (κ2) is 4.30. The Hall–Kier alpha value is -1.00. The van der Waals surface area contributed by atoms with Gasteiger partial charge in [-0.3, -0.25) is 10.2 Å². The zero-order valence-corrected chi connectivity index (χ0v) is 8.51. The monoisotopic (exact) mass is 196 g/mol. The molecule has 0 spiro atoms. The molecule has 0 bridgehead atoms. The number of nitrogens with one attached hydrogen (secondary N) is 1. The molecule has 0 aliphatic heterocycles. The van der Waals surface area contributed by atoms with Crippen molar-refractivity contribution in [3.05, 3.63) is 29.8 Å². The van der Waals surface area contributed by atoms with Crippen molar-refractivity contribution in [2.75, 3.05) is 14.1 Å². The van der Waals surface area contributed by atoms with Gasteiger partial charge in [0.25, 0.3) is 5.91 Å². The summed E-state index contributed by atoms with van der Waals surface area (Å²) in [6.07, 6.45) is 0. The fraction of sp³-hybridized carbons (Fsp3) is 0.222. The summed E-state index contributed by atoms with van der Waals surface area (Å²) in [6, 6.07) is 7.05. The van der Waals surface area contributed by atoms with Gasteiger partial charge in [0.15, 0.2) is 0 Å². The molecule has 1 rings (SSSR count). The maximum atomic E-state index is 11.4. The van der Waals surface area contributed by atoms with Crippen LogP contribution < -0.4 is 5.43 Å². The number of rotatable bonds is 2. The van der Waals surface area contributed by atoms with E-state index in [4.69, 9.17) is 0 Å². The molecule has 0 heterocycles. The Morgan fingerprint density at radius 1 is 1.31 bits per heavy atom. The molecule has 0 atom stereocenters. The van der Waals surface area contributed by atoms with E-state index in [1.54, 1.807) is 43.4 Å². The summed E-state index contributed by atoms with van der Waals surface area (Å²) in [5.74, 6) is -0.113. The second-order valence-corrected chi connectivity index (χ2v) is 3.40. The summed E-state index contributed by atoms with van der Waals surface area (Å²) in [5, 5.41) is 1.61. The second-order valence-electron chi connectivity index (χ2n) is 2.88. The molecule has 0 unspecified atom stereocenters. The van der Waals surface area contributed by atoms with Crippen LogP contribution >= 0.6 is 12.6 Å². The molecule has 1 amide bonds. The molecule has 4 heteroatoms. The van der Waals surface area contributed by atoms with Gasteiger partial charge in [-0.05, 0) is 24.3 Å². The van der Waals surface area contributed by atoms with Gasteiger partial charge in [-0.1, -0.05) is 0 Å². The first-order valence-corrected chi connectivity index (χ1v) is 4.31. The zero-order chi connectivity index (χ0) is 9.84. The van der Waals surface area contributed by atoms with Gasteiger partial charge < -0.3 is 0 Å². The van der Waals surface area contributed by atoms with Crippen molar-refractivity contribution in [2.45, 2.75) is 4.90 Å². The van der Waals surface area contributed by atoms with Gasteiger partial charge in [0.1, 0.15) is 0 Å². The van der Waals surface area contributed by atoms with Gasteiger partial charge in [0, 0.05) is 24.6 Å². The van der Waals surface area contributed by atoms with Crippen LogP contribution in [0.25, 0.3) is 0 Å². The van der Waals surface area contributed by atoms with Gasteiger partial charge in [0.2, 0.25) is 0 Å². The highest BCUT2D eigenvalue weighted by atomic mass is 32.1. The van der Waals surface area contributed by atoms with E-state index in [0.717, 1.165) is 4.90 Å². The van der Waals surface area contributed by atoms with Crippen LogP contribution in [0.1, 0.15) is 10.4 Å². The highest BCUT2D eigenvalue weighted by molar-refractivity contribution is 7.80. The molecule has 13 heavy (non-hydrogen) atoms. The van der Waals surface area contributed by atoms with Gasteiger partial charge in [-0.15, -0.1) is 12.6 Å². The first-order chi connectivity index (χ1) is 6.09. The number of benzene rings is 1. The van der Waals surface area contributed by atoms with Crippen molar-refractivity contribution in [1.29, 1.82) is 0 Å². The number of carbonyl (C=O) groups is 1. The predicted molar refractivity (Wildman–Crippen MR) is 54.8 cm³/mol.